The van der Waals surface area contributed by atoms with Gasteiger partial charge in [0.2, 0.25) is 0 Å². The van der Waals surface area contributed by atoms with Crippen LogP contribution >= 0.6 is 0 Å². The van der Waals surface area contributed by atoms with Crippen molar-refractivity contribution in [3.05, 3.63) is 35.4 Å². The Kier molecular flexibility index (Phi) is 6.07. The molecule has 0 bridgehead atoms. The minimum Gasteiger partial charge on any atom is -0.395 e. The van der Waals surface area contributed by atoms with E-state index in [-0.39, 0.29) is 13.2 Å². The molecule has 0 radical (unpaired) electrons. The predicted molar refractivity (Wildman–Crippen MR) is 80.2 cm³/mol. The summed E-state index contributed by atoms with van der Waals surface area (Å²) in [6.07, 6.45) is 5.12. The second-order valence-electron chi connectivity index (χ2n) is 5.29. The molecule has 0 saturated heterocycles. The van der Waals surface area contributed by atoms with Crippen LogP contribution in [0.3, 0.4) is 0 Å². The Balaban J connectivity index is 1.98. The summed E-state index contributed by atoms with van der Waals surface area (Å²) in [7, 11) is 0. The number of benzene rings is 1. The summed E-state index contributed by atoms with van der Waals surface area (Å²) >= 11 is 0. The van der Waals surface area contributed by atoms with Gasteiger partial charge in [0.25, 0.3) is 0 Å². The quantitative estimate of drug-likeness (QED) is 0.804. The summed E-state index contributed by atoms with van der Waals surface area (Å²) in [6, 6.07) is 8.77. The molecule has 108 valence electrons. The summed E-state index contributed by atoms with van der Waals surface area (Å²) in [5.74, 6) is 5.55. The van der Waals surface area contributed by atoms with Gasteiger partial charge in [-0.3, -0.25) is 4.90 Å². The summed E-state index contributed by atoms with van der Waals surface area (Å²) < 4.78 is 0. The van der Waals surface area contributed by atoms with Crippen LogP contribution in [0, 0.1) is 11.8 Å². The molecular formula is C17H23NO2. The number of nitrogens with zero attached hydrogens (tertiary/aromatic N) is 1. The van der Waals surface area contributed by atoms with Crippen molar-refractivity contribution in [2.75, 3.05) is 19.8 Å². The first kappa shape index (κ1) is 15.1. The van der Waals surface area contributed by atoms with Gasteiger partial charge in [0.05, 0.1) is 6.61 Å². The van der Waals surface area contributed by atoms with Crippen molar-refractivity contribution in [3.63, 3.8) is 0 Å². The minimum atomic E-state index is -0.103. The van der Waals surface area contributed by atoms with Gasteiger partial charge < -0.3 is 10.2 Å². The zero-order valence-corrected chi connectivity index (χ0v) is 11.9. The third-order valence-corrected chi connectivity index (χ3v) is 3.88. The lowest BCUT2D eigenvalue weighted by Crippen LogP contribution is -2.35. The molecule has 0 amide bonds. The van der Waals surface area contributed by atoms with Gasteiger partial charge in [0.15, 0.2) is 0 Å². The van der Waals surface area contributed by atoms with Crippen molar-refractivity contribution in [1.82, 2.24) is 4.90 Å². The minimum absolute atomic E-state index is 0.103. The number of rotatable bonds is 5. The first-order valence-electron chi connectivity index (χ1n) is 7.37. The van der Waals surface area contributed by atoms with Gasteiger partial charge in [-0.25, -0.2) is 0 Å². The van der Waals surface area contributed by atoms with E-state index in [1.54, 1.807) is 0 Å². The lowest BCUT2D eigenvalue weighted by molar-refractivity contribution is 0.145. The van der Waals surface area contributed by atoms with Crippen molar-refractivity contribution in [1.29, 1.82) is 0 Å². The molecule has 1 saturated carbocycles. The van der Waals surface area contributed by atoms with Gasteiger partial charge in [-0.05, 0) is 30.5 Å². The normalized spacial score (nSPS) is 15.3. The van der Waals surface area contributed by atoms with Gasteiger partial charge in [-0.15, -0.1) is 0 Å². The van der Waals surface area contributed by atoms with Crippen LogP contribution in [0.2, 0.25) is 0 Å². The SMILES string of the molecule is OCC#Cc1ccc(CN(CCO)C2CCCC2)cc1. The van der Waals surface area contributed by atoms with E-state index in [2.05, 4.69) is 28.9 Å². The van der Waals surface area contributed by atoms with E-state index >= 15 is 0 Å². The second-order valence-corrected chi connectivity index (χ2v) is 5.29. The largest absolute Gasteiger partial charge is 0.395 e. The van der Waals surface area contributed by atoms with Crippen molar-refractivity contribution >= 4 is 0 Å². The Hall–Kier alpha value is -1.34. The Bertz CT molecular complexity index is 452. The molecule has 0 aliphatic heterocycles. The maximum atomic E-state index is 9.23. The Morgan fingerprint density at radius 3 is 2.40 bits per heavy atom. The summed E-state index contributed by atoms with van der Waals surface area (Å²) in [5, 5.41) is 17.9. The summed E-state index contributed by atoms with van der Waals surface area (Å²) in [4.78, 5) is 2.39. The number of hydrogen-bond acceptors (Lipinski definition) is 3. The average molecular weight is 273 g/mol. The highest BCUT2D eigenvalue weighted by molar-refractivity contribution is 5.36. The molecule has 3 heteroatoms. The molecule has 2 rings (SSSR count). The average Bonchev–Trinajstić information content (AvgIpc) is 3.00. The molecule has 1 aliphatic carbocycles. The van der Waals surface area contributed by atoms with Gasteiger partial charge in [-0.1, -0.05) is 36.8 Å². The number of hydrogen-bond donors (Lipinski definition) is 2. The molecule has 1 fully saturated rings. The van der Waals surface area contributed by atoms with Crippen LogP contribution in [0.15, 0.2) is 24.3 Å². The van der Waals surface area contributed by atoms with E-state index in [9.17, 15) is 5.11 Å². The molecule has 1 aliphatic rings. The standard InChI is InChI=1S/C17H23NO2/c19-12-3-4-15-7-9-16(10-8-15)14-18(11-13-20)17-5-1-2-6-17/h7-10,17,19-20H,1-2,5-6,11-14H2. The highest BCUT2D eigenvalue weighted by Crippen LogP contribution is 2.24. The zero-order valence-electron chi connectivity index (χ0n) is 11.9. The highest BCUT2D eigenvalue weighted by Gasteiger charge is 2.21. The summed E-state index contributed by atoms with van der Waals surface area (Å²) in [6.45, 7) is 1.75. The molecule has 1 aromatic carbocycles. The Morgan fingerprint density at radius 2 is 1.80 bits per heavy atom. The van der Waals surface area contributed by atoms with Crippen LogP contribution in [0.4, 0.5) is 0 Å². The molecule has 20 heavy (non-hydrogen) atoms. The third-order valence-electron chi connectivity index (χ3n) is 3.88. The van der Waals surface area contributed by atoms with Gasteiger partial charge in [-0.2, -0.15) is 0 Å². The smallest absolute Gasteiger partial charge is 0.104 e. The molecule has 0 spiro atoms. The lowest BCUT2D eigenvalue weighted by Gasteiger charge is -2.28. The highest BCUT2D eigenvalue weighted by atomic mass is 16.3. The van der Waals surface area contributed by atoms with E-state index in [1.165, 1.54) is 31.2 Å². The van der Waals surface area contributed by atoms with Crippen LogP contribution < -0.4 is 0 Å². The molecule has 0 heterocycles. The zero-order chi connectivity index (χ0) is 14.2. The van der Waals surface area contributed by atoms with Crippen molar-refractivity contribution in [2.45, 2.75) is 38.3 Å². The van der Waals surface area contributed by atoms with Gasteiger partial charge >= 0.3 is 0 Å². The fraction of sp³-hybridized carbons (Fsp3) is 0.529. The molecule has 1 aromatic rings. The lowest BCUT2D eigenvalue weighted by atomic mass is 10.1. The van der Waals surface area contributed by atoms with Crippen LogP contribution in [-0.2, 0) is 6.54 Å². The molecular weight excluding hydrogens is 250 g/mol. The van der Waals surface area contributed by atoms with Crippen LogP contribution in [0.1, 0.15) is 36.8 Å². The van der Waals surface area contributed by atoms with E-state index < -0.39 is 0 Å². The third kappa shape index (κ3) is 4.35. The first-order valence-corrected chi connectivity index (χ1v) is 7.37. The fourth-order valence-electron chi connectivity index (χ4n) is 2.86. The first-order chi connectivity index (χ1) is 9.83. The second kappa shape index (κ2) is 8.06. The van der Waals surface area contributed by atoms with Crippen LogP contribution in [-0.4, -0.2) is 40.9 Å². The van der Waals surface area contributed by atoms with E-state index in [0.29, 0.717) is 6.04 Å². The van der Waals surface area contributed by atoms with Gasteiger partial charge in [0.1, 0.15) is 6.61 Å². The number of aliphatic hydroxyl groups is 2. The van der Waals surface area contributed by atoms with Crippen LogP contribution in [0.25, 0.3) is 0 Å². The molecule has 0 aromatic heterocycles. The number of aliphatic hydroxyl groups excluding tert-OH is 2. The van der Waals surface area contributed by atoms with E-state index in [0.717, 1.165) is 18.7 Å². The van der Waals surface area contributed by atoms with E-state index in [1.807, 2.05) is 12.1 Å². The predicted octanol–water partition coefficient (Wildman–Crippen LogP) is 1.77. The monoisotopic (exact) mass is 273 g/mol. The fourth-order valence-corrected chi connectivity index (χ4v) is 2.86. The Morgan fingerprint density at radius 1 is 1.10 bits per heavy atom. The molecule has 3 nitrogen and oxygen atoms in total. The van der Waals surface area contributed by atoms with Crippen molar-refractivity contribution in [2.24, 2.45) is 0 Å². The van der Waals surface area contributed by atoms with Crippen LogP contribution in [0.5, 0.6) is 0 Å². The van der Waals surface area contributed by atoms with E-state index in [4.69, 9.17) is 5.11 Å². The topological polar surface area (TPSA) is 43.7 Å². The molecule has 2 N–H and O–H groups in total. The maximum absolute atomic E-state index is 9.23. The summed E-state index contributed by atoms with van der Waals surface area (Å²) in [5.41, 5.74) is 2.18. The van der Waals surface area contributed by atoms with Crippen molar-refractivity contribution in [3.8, 4) is 11.8 Å². The molecule has 0 unspecified atom stereocenters. The van der Waals surface area contributed by atoms with Gasteiger partial charge in [0, 0.05) is 24.7 Å². The Labute approximate surface area is 121 Å². The molecule has 0 atom stereocenters. The van der Waals surface area contributed by atoms with Crippen molar-refractivity contribution < 1.29 is 10.2 Å². The maximum Gasteiger partial charge on any atom is 0.104 e.